The molecule has 0 amide bonds. The van der Waals surface area contributed by atoms with E-state index in [1.165, 1.54) is 0 Å². The zero-order valence-electron chi connectivity index (χ0n) is 10.1. The van der Waals surface area contributed by atoms with E-state index in [9.17, 15) is 9.59 Å². The van der Waals surface area contributed by atoms with E-state index in [4.69, 9.17) is 4.74 Å². The smallest absolute Gasteiger partial charge is 0.346 e. The van der Waals surface area contributed by atoms with Gasteiger partial charge in [0.25, 0.3) is 0 Å². The molecule has 0 saturated carbocycles. The van der Waals surface area contributed by atoms with Crippen LogP contribution in [0.5, 0.6) is 0 Å². The van der Waals surface area contributed by atoms with Crippen LogP contribution in [0, 0.1) is 5.92 Å². The van der Waals surface area contributed by atoms with E-state index in [1.54, 1.807) is 12.1 Å². The number of carbonyl (C=O) groups excluding carboxylic acids is 2. The Morgan fingerprint density at radius 2 is 1.94 bits per heavy atom. The van der Waals surface area contributed by atoms with Crippen molar-refractivity contribution in [2.24, 2.45) is 5.92 Å². The Balaban J connectivity index is 2.29. The van der Waals surface area contributed by atoms with Gasteiger partial charge in [-0.3, -0.25) is 4.79 Å². The molecular weight excluding hydrogens is 216 g/mol. The van der Waals surface area contributed by atoms with Crippen molar-refractivity contribution in [2.45, 2.75) is 32.6 Å². The minimum absolute atomic E-state index is 0.286. The lowest BCUT2D eigenvalue weighted by Crippen LogP contribution is -2.28. The maximum absolute atomic E-state index is 11.7. The molecule has 1 aliphatic heterocycles. The first kappa shape index (κ1) is 11.8. The molecule has 17 heavy (non-hydrogen) atoms. The third kappa shape index (κ3) is 2.38. The first-order valence-corrected chi connectivity index (χ1v) is 5.94. The summed E-state index contributed by atoms with van der Waals surface area (Å²) in [5, 5.41) is 0. The maximum atomic E-state index is 11.7. The SMILES string of the molecule is CC(C)CCC1C(=O)OC(=O)c2ccccc21. The Kier molecular flexibility index (Phi) is 3.27. The van der Waals surface area contributed by atoms with Crippen molar-refractivity contribution in [1.29, 1.82) is 0 Å². The monoisotopic (exact) mass is 232 g/mol. The normalized spacial score (nSPS) is 19.1. The molecule has 0 saturated heterocycles. The topological polar surface area (TPSA) is 43.4 Å². The highest BCUT2D eigenvalue weighted by molar-refractivity contribution is 6.04. The fourth-order valence-corrected chi connectivity index (χ4v) is 2.10. The fourth-order valence-electron chi connectivity index (χ4n) is 2.10. The Labute approximate surface area is 101 Å². The molecule has 0 spiro atoms. The molecule has 90 valence electrons. The minimum Gasteiger partial charge on any atom is -0.389 e. The van der Waals surface area contributed by atoms with E-state index < -0.39 is 11.9 Å². The number of carbonyl (C=O) groups is 2. The summed E-state index contributed by atoms with van der Waals surface area (Å²) < 4.78 is 4.78. The van der Waals surface area contributed by atoms with Crippen molar-refractivity contribution in [3.8, 4) is 0 Å². The van der Waals surface area contributed by atoms with Gasteiger partial charge in [-0.05, 0) is 30.4 Å². The van der Waals surface area contributed by atoms with Gasteiger partial charge in [0.1, 0.15) is 0 Å². The minimum atomic E-state index is -0.522. The molecule has 0 radical (unpaired) electrons. The summed E-state index contributed by atoms with van der Waals surface area (Å²) >= 11 is 0. The van der Waals surface area contributed by atoms with Gasteiger partial charge >= 0.3 is 11.9 Å². The van der Waals surface area contributed by atoms with Gasteiger partial charge in [0.2, 0.25) is 0 Å². The summed E-state index contributed by atoms with van der Waals surface area (Å²) in [6.45, 7) is 4.23. The predicted octanol–water partition coefficient (Wildman–Crippen LogP) is 2.90. The highest BCUT2D eigenvalue weighted by Gasteiger charge is 2.33. The van der Waals surface area contributed by atoms with Crippen molar-refractivity contribution in [3.05, 3.63) is 35.4 Å². The molecule has 3 heteroatoms. The van der Waals surface area contributed by atoms with Gasteiger partial charge in [0.15, 0.2) is 0 Å². The largest absolute Gasteiger partial charge is 0.389 e. The molecule has 1 unspecified atom stereocenters. The number of rotatable bonds is 3. The van der Waals surface area contributed by atoms with Crippen molar-refractivity contribution in [1.82, 2.24) is 0 Å². The molecule has 3 nitrogen and oxygen atoms in total. The van der Waals surface area contributed by atoms with Crippen LogP contribution < -0.4 is 0 Å². The number of hydrogen-bond donors (Lipinski definition) is 0. The molecular formula is C14H16O3. The predicted molar refractivity (Wildman–Crippen MR) is 63.7 cm³/mol. The number of benzene rings is 1. The van der Waals surface area contributed by atoms with E-state index in [2.05, 4.69) is 13.8 Å². The highest BCUT2D eigenvalue weighted by Crippen LogP contribution is 2.31. The first-order chi connectivity index (χ1) is 8.09. The Morgan fingerprint density at radius 3 is 2.65 bits per heavy atom. The number of ether oxygens (including phenoxy) is 1. The fraction of sp³-hybridized carbons (Fsp3) is 0.429. The number of esters is 2. The Hall–Kier alpha value is -1.64. The summed E-state index contributed by atoms with van der Waals surface area (Å²) in [5.41, 5.74) is 1.34. The van der Waals surface area contributed by atoms with Gasteiger partial charge in [-0.1, -0.05) is 32.0 Å². The zero-order chi connectivity index (χ0) is 12.4. The lowest BCUT2D eigenvalue weighted by Gasteiger charge is -2.23. The number of cyclic esters (lactones) is 2. The van der Waals surface area contributed by atoms with E-state index >= 15 is 0 Å². The zero-order valence-corrected chi connectivity index (χ0v) is 10.1. The molecule has 1 heterocycles. The van der Waals surface area contributed by atoms with Crippen LogP contribution in [0.15, 0.2) is 24.3 Å². The summed E-state index contributed by atoms with van der Waals surface area (Å²) in [4.78, 5) is 23.3. The van der Waals surface area contributed by atoms with Gasteiger partial charge in [-0.15, -0.1) is 0 Å². The van der Waals surface area contributed by atoms with Crippen molar-refractivity contribution in [2.75, 3.05) is 0 Å². The highest BCUT2D eigenvalue weighted by atomic mass is 16.6. The second-order valence-electron chi connectivity index (χ2n) is 4.82. The van der Waals surface area contributed by atoms with Crippen LogP contribution in [-0.4, -0.2) is 11.9 Å². The molecule has 0 N–H and O–H groups in total. The summed E-state index contributed by atoms with van der Waals surface area (Å²) in [6.07, 6.45) is 1.68. The van der Waals surface area contributed by atoms with Gasteiger partial charge < -0.3 is 4.74 Å². The van der Waals surface area contributed by atoms with Crippen LogP contribution in [0.2, 0.25) is 0 Å². The second kappa shape index (κ2) is 4.70. The summed E-state index contributed by atoms with van der Waals surface area (Å²) in [5.74, 6) is -0.681. The van der Waals surface area contributed by atoms with E-state index in [1.807, 2.05) is 12.1 Å². The molecule has 0 aliphatic carbocycles. The van der Waals surface area contributed by atoms with Crippen molar-refractivity contribution in [3.63, 3.8) is 0 Å². The van der Waals surface area contributed by atoms with Crippen LogP contribution in [0.4, 0.5) is 0 Å². The molecule has 0 fully saturated rings. The van der Waals surface area contributed by atoms with Crippen molar-refractivity contribution < 1.29 is 14.3 Å². The quantitative estimate of drug-likeness (QED) is 0.594. The standard InChI is InChI=1S/C14H16O3/c1-9(2)7-8-12-10-5-3-4-6-11(10)13(15)17-14(12)16/h3-6,9,12H,7-8H2,1-2H3. The molecule has 1 aliphatic rings. The van der Waals surface area contributed by atoms with Crippen molar-refractivity contribution >= 4 is 11.9 Å². The van der Waals surface area contributed by atoms with Gasteiger partial charge in [-0.2, -0.15) is 0 Å². The molecule has 1 aromatic carbocycles. The van der Waals surface area contributed by atoms with Crippen LogP contribution in [0.1, 0.15) is 48.5 Å². The van der Waals surface area contributed by atoms with E-state index in [-0.39, 0.29) is 5.92 Å². The van der Waals surface area contributed by atoms with E-state index in [0.29, 0.717) is 11.5 Å². The third-order valence-corrected chi connectivity index (χ3v) is 3.07. The molecule has 0 aromatic heterocycles. The number of hydrogen-bond acceptors (Lipinski definition) is 3. The lowest BCUT2D eigenvalue weighted by molar-refractivity contribution is -0.140. The molecule has 0 bridgehead atoms. The molecule has 1 atom stereocenters. The average Bonchev–Trinajstić information content (AvgIpc) is 2.28. The van der Waals surface area contributed by atoms with Gasteiger partial charge in [-0.25, -0.2) is 4.79 Å². The summed E-state index contributed by atoms with van der Waals surface area (Å²) in [6, 6.07) is 7.20. The molecule has 1 aromatic rings. The van der Waals surface area contributed by atoms with Gasteiger partial charge in [0, 0.05) is 0 Å². The van der Waals surface area contributed by atoms with Crippen LogP contribution in [0.3, 0.4) is 0 Å². The maximum Gasteiger partial charge on any atom is 0.346 e. The van der Waals surface area contributed by atoms with Crippen LogP contribution in [0.25, 0.3) is 0 Å². The number of fused-ring (bicyclic) bond motifs is 1. The lowest BCUT2D eigenvalue weighted by atomic mass is 9.87. The third-order valence-electron chi connectivity index (χ3n) is 3.07. The van der Waals surface area contributed by atoms with Crippen LogP contribution >= 0.6 is 0 Å². The Bertz CT molecular complexity index is 449. The molecule has 2 rings (SSSR count). The van der Waals surface area contributed by atoms with E-state index in [0.717, 1.165) is 18.4 Å². The Morgan fingerprint density at radius 1 is 1.24 bits per heavy atom. The summed E-state index contributed by atoms with van der Waals surface area (Å²) in [7, 11) is 0. The first-order valence-electron chi connectivity index (χ1n) is 5.94. The second-order valence-corrected chi connectivity index (χ2v) is 4.82. The average molecular weight is 232 g/mol. The van der Waals surface area contributed by atoms with Gasteiger partial charge in [0.05, 0.1) is 11.5 Å². The van der Waals surface area contributed by atoms with Crippen LogP contribution in [-0.2, 0) is 9.53 Å².